The van der Waals surface area contributed by atoms with Crippen LogP contribution in [0, 0.1) is 5.92 Å². The summed E-state index contributed by atoms with van der Waals surface area (Å²) >= 11 is 0. The molecule has 18 heavy (non-hydrogen) atoms. The molecule has 1 aromatic carbocycles. The van der Waals surface area contributed by atoms with E-state index in [1.807, 2.05) is 6.92 Å². The maximum absolute atomic E-state index is 12.1. The van der Waals surface area contributed by atoms with E-state index in [4.69, 9.17) is 4.74 Å². The molecule has 1 aliphatic rings. The number of nitrogens with zero attached hydrogens (tertiary/aromatic N) is 2. The van der Waals surface area contributed by atoms with Gasteiger partial charge in [-0.2, -0.15) is 0 Å². The molecule has 2 rings (SSSR count). The highest BCUT2D eigenvalue weighted by Gasteiger charge is 2.32. The zero-order valence-corrected chi connectivity index (χ0v) is 10.3. The van der Waals surface area contributed by atoms with Crippen LogP contribution in [0.5, 0.6) is 5.75 Å². The van der Waals surface area contributed by atoms with Crippen LogP contribution in [0.4, 0.5) is 10.5 Å². The van der Waals surface area contributed by atoms with E-state index in [9.17, 15) is 9.59 Å². The predicted octanol–water partition coefficient (Wildman–Crippen LogP) is 2.26. The zero-order chi connectivity index (χ0) is 13.1. The summed E-state index contributed by atoms with van der Waals surface area (Å²) in [5, 5.41) is 0. The molecule has 94 valence electrons. The van der Waals surface area contributed by atoms with Gasteiger partial charge in [-0.15, -0.1) is 0 Å². The maximum atomic E-state index is 12.1. The van der Waals surface area contributed by atoms with E-state index >= 15 is 0 Å². The monoisotopic (exact) mass is 246 g/mol. The van der Waals surface area contributed by atoms with Gasteiger partial charge >= 0.3 is 6.03 Å². The topological polar surface area (TPSA) is 59.0 Å². The van der Waals surface area contributed by atoms with Gasteiger partial charge in [-0.25, -0.2) is 14.7 Å². The molecule has 5 heteroatoms. The molecule has 0 aromatic heterocycles. The molecular weight excluding hydrogens is 232 g/mol. The number of anilines is 1. The van der Waals surface area contributed by atoms with Gasteiger partial charge in [0.05, 0.1) is 18.7 Å². The lowest BCUT2D eigenvalue weighted by molar-refractivity contribution is -0.119. The smallest absolute Gasteiger partial charge is 0.354 e. The molecule has 3 amide bonds. The van der Waals surface area contributed by atoms with Crippen molar-refractivity contribution in [3.05, 3.63) is 24.3 Å². The largest absolute Gasteiger partial charge is 0.497 e. The molecule has 1 aromatic rings. The van der Waals surface area contributed by atoms with Crippen molar-refractivity contribution in [2.75, 3.05) is 12.0 Å². The second-order valence-corrected chi connectivity index (χ2v) is 3.95. The SMILES string of the molecule is CCC1C=NC(=O)N(c2cccc(OC)c2)C1=O. The third-order valence-electron chi connectivity index (χ3n) is 2.85. The van der Waals surface area contributed by atoms with Crippen LogP contribution < -0.4 is 9.64 Å². The van der Waals surface area contributed by atoms with Crippen molar-refractivity contribution < 1.29 is 14.3 Å². The fourth-order valence-corrected chi connectivity index (χ4v) is 1.80. The number of carbonyl (C=O) groups is 2. The molecule has 0 saturated heterocycles. The van der Waals surface area contributed by atoms with Crippen molar-refractivity contribution in [2.45, 2.75) is 13.3 Å². The fourth-order valence-electron chi connectivity index (χ4n) is 1.80. The number of hydrogen-bond donors (Lipinski definition) is 0. The zero-order valence-electron chi connectivity index (χ0n) is 10.3. The Hall–Kier alpha value is -2.17. The van der Waals surface area contributed by atoms with Gasteiger partial charge in [0.1, 0.15) is 5.75 Å². The van der Waals surface area contributed by atoms with Gasteiger partial charge in [0.2, 0.25) is 5.91 Å². The first-order valence-corrected chi connectivity index (χ1v) is 5.73. The van der Waals surface area contributed by atoms with Crippen LogP contribution in [-0.2, 0) is 4.79 Å². The molecule has 1 atom stereocenters. The number of urea groups is 1. The van der Waals surface area contributed by atoms with Gasteiger partial charge in [0.15, 0.2) is 0 Å². The minimum absolute atomic E-state index is 0.245. The molecule has 5 nitrogen and oxygen atoms in total. The lowest BCUT2D eigenvalue weighted by Crippen LogP contribution is -2.43. The van der Waals surface area contributed by atoms with E-state index < -0.39 is 6.03 Å². The standard InChI is InChI=1S/C13H14N2O3/c1-3-9-8-14-13(17)15(12(9)16)10-5-4-6-11(7-10)18-2/h4-9H,3H2,1-2H3. The third kappa shape index (κ3) is 2.11. The molecule has 0 fully saturated rings. The Labute approximate surface area is 105 Å². The van der Waals surface area contributed by atoms with Gasteiger partial charge in [0, 0.05) is 12.3 Å². The maximum Gasteiger partial charge on any atom is 0.354 e. The lowest BCUT2D eigenvalue weighted by Gasteiger charge is -2.25. The Morgan fingerprint density at radius 1 is 1.39 bits per heavy atom. The van der Waals surface area contributed by atoms with Crippen LogP contribution in [0.3, 0.4) is 0 Å². The number of ether oxygens (including phenoxy) is 1. The second-order valence-electron chi connectivity index (χ2n) is 3.95. The van der Waals surface area contributed by atoms with Gasteiger partial charge in [0.25, 0.3) is 0 Å². The molecule has 0 spiro atoms. The average Bonchev–Trinajstić information content (AvgIpc) is 2.39. The molecule has 0 bridgehead atoms. The highest BCUT2D eigenvalue weighted by atomic mass is 16.5. The highest BCUT2D eigenvalue weighted by molar-refractivity contribution is 6.23. The van der Waals surface area contributed by atoms with Crippen molar-refractivity contribution >= 4 is 23.8 Å². The highest BCUT2D eigenvalue weighted by Crippen LogP contribution is 2.25. The van der Waals surface area contributed by atoms with E-state index in [2.05, 4.69) is 4.99 Å². The van der Waals surface area contributed by atoms with Crippen molar-refractivity contribution in [2.24, 2.45) is 10.9 Å². The first-order valence-electron chi connectivity index (χ1n) is 5.73. The normalized spacial score (nSPS) is 19.2. The summed E-state index contributed by atoms with van der Waals surface area (Å²) in [6, 6.07) is 6.25. The summed E-state index contributed by atoms with van der Waals surface area (Å²) in [6.07, 6.45) is 2.04. The number of hydrogen-bond acceptors (Lipinski definition) is 3. The number of imide groups is 1. The van der Waals surface area contributed by atoms with Crippen molar-refractivity contribution in [1.29, 1.82) is 0 Å². The van der Waals surface area contributed by atoms with Crippen molar-refractivity contribution in [3.63, 3.8) is 0 Å². The van der Waals surface area contributed by atoms with Crippen LogP contribution in [0.1, 0.15) is 13.3 Å². The summed E-state index contributed by atoms with van der Waals surface area (Å²) < 4.78 is 5.08. The Morgan fingerprint density at radius 2 is 2.17 bits per heavy atom. The van der Waals surface area contributed by atoms with E-state index in [0.717, 1.165) is 4.90 Å². The van der Waals surface area contributed by atoms with Crippen LogP contribution >= 0.6 is 0 Å². The second kappa shape index (κ2) is 5.00. The minimum atomic E-state index is -0.557. The Balaban J connectivity index is 2.39. The number of rotatable bonds is 3. The third-order valence-corrected chi connectivity index (χ3v) is 2.85. The number of benzene rings is 1. The summed E-state index contributed by atoms with van der Waals surface area (Å²) in [5.74, 6) is 0.00959. The van der Waals surface area contributed by atoms with E-state index in [-0.39, 0.29) is 11.8 Å². The molecular formula is C13H14N2O3. The average molecular weight is 246 g/mol. The first kappa shape index (κ1) is 12.3. The predicted molar refractivity (Wildman–Crippen MR) is 68.1 cm³/mol. The van der Waals surface area contributed by atoms with Crippen LogP contribution in [-0.4, -0.2) is 25.3 Å². The van der Waals surface area contributed by atoms with Gasteiger partial charge < -0.3 is 4.74 Å². The van der Waals surface area contributed by atoms with Gasteiger partial charge in [-0.05, 0) is 18.6 Å². The summed E-state index contributed by atoms with van der Waals surface area (Å²) in [5.41, 5.74) is 0.486. The quantitative estimate of drug-likeness (QED) is 0.821. The van der Waals surface area contributed by atoms with Gasteiger partial charge in [-0.1, -0.05) is 13.0 Å². The lowest BCUT2D eigenvalue weighted by atomic mass is 10.0. The Bertz CT molecular complexity index is 511. The molecule has 0 N–H and O–H groups in total. The Kier molecular flexibility index (Phi) is 3.41. The molecule has 1 heterocycles. The summed E-state index contributed by atoms with van der Waals surface area (Å²) in [4.78, 5) is 28.7. The minimum Gasteiger partial charge on any atom is -0.497 e. The number of methoxy groups -OCH3 is 1. The van der Waals surface area contributed by atoms with Crippen LogP contribution in [0.2, 0.25) is 0 Å². The first-order chi connectivity index (χ1) is 8.67. The molecule has 1 aliphatic heterocycles. The molecule has 1 unspecified atom stereocenters. The summed E-state index contributed by atoms with van der Waals surface area (Å²) in [6.45, 7) is 1.88. The van der Waals surface area contributed by atoms with E-state index in [1.165, 1.54) is 13.3 Å². The number of aliphatic imine (C=N–C) groups is 1. The van der Waals surface area contributed by atoms with Crippen LogP contribution in [0.25, 0.3) is 0 Å². The summed E-state index contributed by atoms with van der Waals surface area (Å²) in [7, 11) is 1.53. The van der Waals surface area contributed by atoms with Crippen LogP contribution in [0.15, 0.2) is 29.3 Å². The molecule has 0 saturated carbocycles. The van der Waals surface area contributed by atoms with E-state index in [0.29, 0.717) is 17.9 Å². The van der Waals surface area contributed by atoms with Gasteiger partial charge in [-0.3, -0.25) is 4.79 Å². The van der Waals surface area contributed by atoms with Crippen molar-refractivity contribution in [1.82, 2.24) is 0 Å². The number of amides is 3. The van der Waals surface area contributed by atoms with Crippen molar-refractivity contribution in [3.8, 4) is 5.75 Å². The fraction of sp³-hybridized carbons (Fsp3) is 0.308. The Morgan fingerprint density at radius 3 is 2.83 bits per heavy atom. The molecule has 0 radical (unpaired) electrons. The molecule has 0 aliphatic carbocycles. The van der Waals surface area contributed by atoms with E-state index in [1.54, 1.807) is 24.3 Å². The number of carbonyl (C=O) groups excluding carboxylic acids is 2.